The number of nitrogens with two attached hydrogens (primary N) is 2. The van der Waals surface area contributed by atoms with Crippen LogP contribution in [0.15, 0.2) is 42.6 Å². The fraction of sp³-hybridized carbons (Fsp3) is 0.250. The Morgan fingerprint density at radius 3 is 2.67 bits per heavy atom. The largest absolute Gasteiger partial charge is 0.369 e. The van der Waals surface area contributed by atoms with Crippen LogP contribution in [0.5, 0.6) is 0 Å². The summed E-state index contributed by atoms with van der Waals surface area (Å²) in [4.78, 5) is 15.7. The minimum absolute atomic E-state index is 0.0551. The maximum absolute atomic E-state index is 11.5. The second-order valence-corrected chi connectivity index (χ2v) is 4.95. The van der Waals surface area contributed by atoms with E-state index in [0.717, 1.165) is 17.5 Å². The van der Waals surface area contributed by atoms with Gasteiger partial charge in [0.15, 0.2) is 0 Å². The summed E-state index contributed by atoms with van der Waals surface area (Å²) in [6, 6.07) is 11.6. The smallest absolute Gasteiger partial charge is 0.252 e. The van der Waals surface area contributed by atoms with E-state index in [9.17, 15) is 4.79 Å². The van der Waals surface area contributed by atoms with Gasteiger partial charge in [-0.3, -0.25) is 4.79 Å². The highest BCUT2D eigenvalue weighted by molar-refractivity contribution is 5.98. The minimum atomic E-state index is -0.476. The van der Waals surface area contributed by atoms with Crippen LogP contribution >= 0.6 is 0 Å². The van der Waals surface area contributed by atoms with E-state index in [1.165, 1.54) is 0 Å². The first-order valence-corrected chi connectivity index (χ1v) is 6.89. The van der Waals surface area contributed by atoms with Crippen molar-refractivity contribution >= 4 is 11.7 Å². The number of amides is 1. The van der Waals surface area contributed by atoms with Crippen LogP contribution in [0.2, 0.25) is 0 Å². The van der Waals surface area contributed by atoms with Gasteiger partial charge in [0.05, 0.1) is 5.56 Å². The van der Waals surface area contributed by atoms with Crippen LogP contribution < -0.4 is 16.8 Å². The fourth-order valence-corrected chi connectivity index (χ4v) is 2.22. The summed E-state index contributed by atoms with van der Waals surface area (Å²) in [5, 5.41) is 3.14. The Labute approximate surface area is 124 Å². The van der Waals surface area contributed by atoms with Crippen LogP contribution in [-0.2, 0) is 0 Å². The molecule has 0 spiro atoms. The summed E-state index contributed by atoms with van der Waals surface area (Å²) < 4.78 is 0. The lowest BCUT2D eigenvalue weighted by Gasteiger charge is -2.14. The molecule has 0 aliphatic carbocycles. The van der Waals surface area contributed by atoms with Gasteiger partial charge in [-0.15, -0.1) is 0 Å². The van der Waals surface area contributed by atoms with Crippen LogP contribution in [0.25, 0.3) is 0 Å². The SMILES string of the molecule is Cc1ccnc(NCCC(N)c2ccccc2)c1C(N)=O. The first-order chi connectivity index (χ1) is 10.1. The van der Waals surface area contributed by atoms with E-state index in [1.807, 2.05) is 37.3 Å². The monoisotopic (exact) mass is 284 g/mol. The van der Waals surface area contributed by atoms with Gasteiger partial charge in [-0.1, -0.05) is 30.3 Å². The molecular formula is C16H20N4O. The third kappa shape index (κ3) is 3.79. The lowest BCUT2D eigenvalue weighted by Crippen LogP contribution is -2.19. The number of aryl methyl sites for hydroxylation is 1. The van der Waals surface area contributed by atoms with E-state index in [0.29, 0.717) is 17.9 Å². The van der Waals surface area contributed by atoms with Crippen LogP contribution in [0.3, 0.4) is 0 Å². The van der Waals surface area contributed by atoms with E-state index < -0.39 is 5.91 Å². The molecule has 1 heterocycles. The predicted octanol–water partition coefficient (Wildman–Crippen LogP) is 1.99. The molecule has 21 heavy (non-hydrogen) atoms. The maximum atomic E-state index is 11.5. The summed E-state index contributed by atoms with van der Waals surface area (Å²) in [5.41, 5.74) is 13.9. The molecule has 1 unspecified atom stereocenters. The number of nitrogens with one attached hydrogen (secondary N) is 1. The number of benzene rings is 1. The molecule has 0 aliphatic heterocycles. The van der Waals surface area contributed by atoms with Gasteiger partial charge in [-0.05, 0) is 30.5 Å². The summed E-state index contributed by atoms with van der Waals surface area (Å²) in [6.45, 7) is 2.45. The van der Waals surface area contributed by atoms with Gasteiger partial charge >= 0.3 is 0 Å². The number of hydrogen-bond donors (Lipinski definition) is 3. The van der Waals surface area contributed by atoms with E-state index in [4.69, 9.17) is 11.5 Å². The lowest BCUT2D eigenvalue weighted by molar-refractivity contribution is 0.1000. The normalized spacial score (nSPS) is 11.9. The van der Waals surface area contributed by atoms with Gasteiger partial charge in [0, 0.05) is 18.8 Å². The van der Waals surface area contributed by atoms with Gasteiger partial charge in [0.1, 0.15) is 5.82 Å². The highest BCUT2D eigenvalue weighted by Crippen LogP contribution is 2.17. The van der Waals surface area contributed by atoms with E-state index >= 15 is 0 Å². The Bertz CT molecular complexity index is 613. The van der Waals surface area contributed by atoms with Crippen molar-refractivity contribution in [2.24, 2.45) is 11.5 Å². The maximum Gasteiger partial charge on any atom is 0.252 e. The summed E-state index contributed by atoms with van der Waals surface area (Å²) in [6.07, 6.45) is 2.39. The number of rotatable bonds is 6. The molecule has 1 atom stereocenters. The molecule has 0 saturated carbocycles. The summed E-state index contributed by atoms with van der Waals surface area (Å²) in [5.74, 6) is 0.0400. The number of carbonyl (C=O) groups is 1. The van der Waals surface area contributed by atoms with Crippen LogP contribution in [0.1, 0.15) is 33.9 Å². The molecule has 1 aromatic heterocycles. The van der Waals surface area contributed by atoms with Gasteiger partial charge in [0.2, 0.25) is 0 Å². The minimum Gasteiger partial charge on any atom is -0.369 e. The van der Waals surface area contributed by atoms with E-state index in [-0.39, 0.29) is 6.04 Å². The molecule has 5 nitrogen and oxygen atoms in total. The molecule has 110 valence electrons. The predicted molar refractivity (Wildman–Crippen MR) is 84.0 cm³/mol. The van der Waals surface area contributed by atoms with Crippen molar-refractivity contribution in [3.05, 3.63) is 59.3 Å². The van der Waals surface area contributed by atoms with Crippen molar-refractivity contribution in [3.8, 4) is 0 Å². The van der Waals surface area contributed by atoms with Crippen molar-refractivity contribution in [1.29, 1.82) is 0 Å². The van der Waals surface area contributed by atoms with Gasteiger partial charge < -0.3 is 16.8 Å². The molecule has 0 radical (unpaired) electrons. The zero-order valence-electron chi connectivity index (χ0n) is 12.0. The van der Waals surface area contributed by atoms with Crippen LogP contribution in [0.4, 0.5) is 5.82 Å². The Morgan fingerprint density at radius 1 is 1.29 bits per heavy atom. The Kier molecular flexibility index (Phi) is 4.90. The van der Waals surface area contributed by atoms with Crippen molar-refractivity contribution in [1.82, 2.24) is 4.98 Å². The molecule has 2 aromatic rings. The molecule has 2 rings (SSSR count). The average molecular weight is 284 g/mol. The van der Waals surface area contributed by atoms with Crippen LogP contribution in [-0.4, -0.2) is 17.4 Å². The molecular weight excluding hydrogens is 264 g/mol. The number of primary amides is 1. The van der Waals surface area contributed by atoms with Crippen molar-refractivity contribution in [2.45, 2.75) is 19.4 Å². The molecule has 1 amide bonds. The van der Waals surface area contributed by atoms with E-state index in [2.05, 4.69) is 10.3 Å². The Hall–Kier alpha value is -2.40. The topological polar surface area (TPSA) is 94.0 Å². The van der Waals surface area contributed by atoms with Crippen molar-refractivity contribution in [2.75, 3.05) is 11.9 Å². The second-order valence-electron chi connectivity index (χ2n) is 4.95. The first kappa shape index (κ1) is 15.0. The van der Waals surface area contributed by atoms with Crippen molar-refractivity contribution < 1.29 is 4.79 Å². The zero-order valence-corrected chi connectivity index (χ0v) is 12.0. The summed E-state index contributed by atoms with van der Waals surface area (Å²) >= 11 is 0. The Balaban J connectivity index is 1.98. The standard InChI is InChI=1S/C16H20N4O/c1-11-7-9-19-16(14(11)15(18)21)20-10-8-13(17)12-5-3-2-4-6-12/h2-7,9,13H,8,10,17H2,1H3,(H2,18,21)(H,19,20). The molecule has 0 saturated heterocycles. The number of anilines is 1. The lowest BCUT2D eigenvalue weighted by atomic mass is 10.0. The second kappa shape index (κ2) is 6.85. The number of pyridine rings is 1. The molecule has 0 fully saturated rings. The third-order valence-electron chi connectivity index (χ3n) is 3.38. The molecule has 0 aliphatic rings. The Morgan fingerprint density at radius 2 is 2.00 bits per heavy atom. The molecule has 5 N–H and O–H groups in total. The first-order valence-electron chi connectivity index (χ1n) is 6.89. The van der Waals surface area contributed by atoms with Crippen LogP contribution in [0, 0.1) is 6.92 Å². The number of hydrogen-bond acceptors (Lipinski definition) is 4. The molecule has 1 aromatic carbocycles. The average Bonchev–Trinajstić information content (AvgIpc) is 2.47. The number of carbonyl (C=O) groups excluding carboxylic acids is 1. The highest BCUT2D eigenvalue weighted by atomic mass is 16.1. The fourth-order valence-electron chi connectivity index (χ4n) is 2.22. The van der Waals surface area contributed by atoms with Gasteiger partial charge in [0.25, 0.3) is 5.91 Å². The van der Waals surface area contributed by atoms with E-state index in [1.54, 1.807) is 12.3 Å². The summed E-state index contributed by atoms with van der Waals surface area (Å²) in [7, 11) is 0. The van der Waals surface area contributed by atoms with Gasteiger partial charge in [-0.25, -0.2) is 4.98 Å². The third-order valence-corrected chi connectivity index (χ3v) is 3.38. The van der Waals surface area contributed by atoms with Gasteiger partial charge in [-0.2, -0.15) is 0 Å². The number of nitrogens with zero attached hydrogens (tertiary/aromatic N) is 1. The molecule has 0 bridgehead atoms. The quantitative estimate of drug-likeness (QED) is 0.756. The zero-order chi connectivity index (χ0) is 15.2. The van der Waals surface area contributed by atoms with Crippen molar-refractivity contribution in [3.63, 3.8) is 0 Å². The number of aromatic nitrogens is 1. The highest BCUT2D eigenvalue weighted by Gasteiger charge is 2.12. The molecule has 5 heteroatoms.